The van der Waals surface area contributed by atoms with E-state index in [0.29, 0.717) is 23.5 Å². The van der Waals surface area contributed by atoms with Gasteiger partial charge in [0.2, 0.25) is 0 Å². The Labute approximate surface area is 172 Å². The highest BCUT2D eigenvalue weighted by Gasteiger charge is 2.26. The van der Waals surface area contributed by atoms with Gasteiger partial charge in [-0.3, -0.25) is 9.59 Å². The zero-order chi connectivity index (χ0) is 19.5. The summed E-state index contributed by atoms with van der Waals surface area (Å²) in [4.78, 5) is 33.3. The van der Waals surface area contributed by atoms with E-state index in [0.717, 1.165) is 28.3 Å². The lowest BCUT2D eigenvalue weighted by atomic mass is 10.0. The smallest absolute Gasteiger partial charge is 0.265 e. The third-order valence-electron chi connectivity index (χ3n) is 4.96. The number of rotatable bonds is 4. The van der Waals surface area contributed by atoms with E-state index in [9.17, 15) is 9.59 Å². The molecule has 0 aliphatic carbocycles. The van der Waals surface area contributed by atoms with Crippen molar-refractivity contribution in [2.24, 2.45) is 0 Å². The van der Waals surface area contributed by atoms with E-state index >= 15 is 0 Å². The molecule has 28 heavy (non-hydrogen) atoms. The minimum atomic E-state index is -0.0362. The molecular weight excluding hydrogens is 390 g/mol. The van der Waals surface area contributed by atoms with Gasteiger partial charge in [0.25, 0.3) is 11.8 Å². The van der Waals surface area contributed by atoms with Crippen LogP contribution < -0.4 is 5.32 Å². The number of nitrogens with zero attached hydrogens (tertiary/aromatic N) is 2. The van der Waals surface area contributed by atoms with E-state index in [4.69, 9.17) is 0 Å². The molecule has 5 nitrogen and oxygen atoms in total. The highest BCUT2D eigenvalue weighted by molar-refractivity contribution is 7.21. The van der Waals surface area contributed by atoms with Crippen LogP contribution in [0.25, 0.3) is 9.88 Å². The summed E-state index contributed by atoms with van der Waals surface area (Å²) in [7, 11) is 0. The van der Waals surface area contributed by atoms with Gasteiger partial charge in [-0.25, -0.2) is 4.98 Å². The molecule has 0 spiro atoms. The van der Waals surface area contributed by atoms with Crippen molar-refractivity contribution in [1.29, 1.82) is 0 Å². The van der Waals surface area contributed by atoms with Crippen molar-refractivity contribution in [1.82, 2.24) is 15.2 Å². The molecule has 0 radical (unpaired) electrons. The maximum Gasteiger partial charge on any atom is 0.265 e. The zero-order valence-corrected chi connectivity index (χ0v) is 17.2. The summed E-state index contributed by atoms with van der Waals surface area (Å²) in [6.45, 7) is 3.23. The van der Waals surface area contributed by atoms with E-state index < -0.39 is 0 Å². The van der Waals surface area contributed by atoms with Gasteiger partial charge in [-0.1, -0.05) is 24.3 Å². The minimum absolute atomic E-state index is 0.0315. The Morgan fingerprint density at radius 3 is 2.64 bits per heavy atom. The number of nitrogens with one attached hydrogen (secondary N) is 1. The Balaban J connectivity index is 1.33. The van der Waals surface area contributed by atoms with Crippen LogP contribution in [0.1, 0.15) is 38.4 Å². The van der Waals surface area contributed by atoms with Gasteiger partial charge in [-0.2, -0.15) is 0 Å². The van der Waals surface area contributed by atoms with Gasteiger partial charge in [-0.15, -0.1) is 22.7 Å². The van der Waals surface area contributed by atoms with Crippen molar-refractivity contribution in [2.75, 3.05) is 13.1 Å². The lowest BCUT2D eigenvalue weighted by Gasteiger charge is -2.32. The number of piperidine rings is 1. The van der Waals surface area contributed by atoms with Gasteiger partial charge >= 0.3 is 0 Å². The zero-order valence-electron chi connectivity index (χ0n) is 15.6. The van der Waals surface area contributed by atoms with Crippen LogP contribution in [0.3, 0.4) is 0 Å². The van der Waals surface area contributed by atoms with Crippen molar-refractivity contribution in [2.45, 2.75) is 25.8 Å². The molecule has 1 fully saturated rings. The summed E-state index contributed by atoms with van der Waals surface area (Å²) >= 11 is 3.07. The topological polar surface area (TPSA) is 62.3 Å². The molecule has 3 aromatic rings. The Hall–Kier alpha value is -2.51. The highest BCUT2D eigenvalue weighted by Crippen LogP contribution is 2.29. The normalized spacial score (nSPS) is 14.8. The van der Waals surface area contributed by atoms with Crippen molar-refractivity contribution < 1.29 is 9.59 Å². The number of carbonyl (C=O) groups is 2. The Morgan fingerprint density at radius 1 is 1.14 bits per heavy atom. The van der Waals surface area contributed by atoms with Crippen LogP contribution in [0, 0.1) is 6.92 Å². The molecule has 7 heteroatoms. The SMILES string of the molecule is Cc1ccccc1C(=O)NC1CCN(C(=O)c2cnc(-c3cccs3)s2)CC1. The second-order valence-electron chi connectivity index (χ2n) is 6.86. The average Bonchev–Trinajstić information content (AvgIpc) is 3.40. The maximum atomic E-state index is 12.8. The molecule has 1 saturated heterocycles. The van der Waals surface area contributed by atoms with Crippen LogP contribution in [0.5, 0.6) is 0 Å². The largest absolute Gasteiger partial charge is 0.349 e. The second kappa shape index (κ2) is 8.24. The Bertz CT molecular complexity index is 973. The van der Waals surface area contributed by atoms with Crippen LogP contribution in [0.4, 0.5) is 0 Å². The van der Waals surface area contributed by atoms with E-state index in [-0.39, 0.29) is 17.9 Å². The highest BCUT2D eigenvalue weighted by atomic mass is 32.1. The predicted octanol–water partition coefficient (Wildman–Crippen LogP) is 4.21. The molecule has 1 aliphatic rings. The third-order valence-corrected chi connectivity index (χ3v) is 6.98. The first-order valence-corrected chi connectivity index (χ1v) is 11.0. The molecule has 0 saturated carbocycles. The number of carbonyl (C=O) groups excluding carboxylic acids is 2. The van der Waals surface area contributed by atoms with Crippen molar-refractivity contribution in [3.63, 3.8) is 0 Å². The first kappa shape index (κ1) is 18.8. The van der Waals surface area contributed by atoms with E-state index in [1.165, 1.54) is 11.3 Å². The fraction of sp³-hybridized carbons (Fsp3) is 0.286. The third kappa shape index (κ3) is 4.00. The van der Waals surface area contributed by atoms with Gasteiger partial charge < -0.3 is 10.2 Å². The number of hydrogen-bond donors (Lipinski definition) is 1. The lowest BCUT2D eigenvalue weighted by molar-refractivity contribution is 0.0702. The van der Waals surface area contributed by atoms with E-state index in [1.54, 1.807) is 17.5 Å². The molecule has 144 valence electrons. The number of likely N-dealkylation sites (tertiary alicyclic amines) is 1. The van der Waals surface area contributed by atoms with E-state index in [2.05, 4.69) is 10.3 Å². The van der Waals surface area contributed by atoms with Gasteiger partial charge in [0.1, 0.15) is 9.88 Å². The van der Waals surface area contributed by atoms with Gasteiger partial charge in [-0.05, 0) is 42.8 Å². The fourth-order valence-electron chi connectivity index (χ4n) is 3.36. The van der Waals surface area contributed by atoms with Crippen LogP contribution in [0.2, 0.25) is 0 Å². The first-order chi connectivity index (χ1) is 13.6. The molecule has 1 aromatic carbocycles. The molecular formula is C21H21N3O2S2. The fourth-order valence-corrected chi connectivity index (χ4v) is 5.05. The van der Waals surface area contributed by atoms with Crippen LogP contribution >= 0.6 is 22.7 Å². The van der Waals surface area contributed by atoms with Gasteiger partial charge in [0, 0.05) is 24.7 Å². The monoisotopic (exact) mass is 411 g/mol. The van der Waals surface area contributed by atoms with Crippen LogP contribution in [0.15, 0.2) is 48.0 Å². The van der Waals surface area contributed by atoms with E-state index in [1.807, 2.05) is 53.6 Å². The van der Waals surface area contributed by atoms with Gasteiger partial charge in [0.05, 0.1) is 11.1 Å². The van der Waals surface area contributed by atoms with Crippen molar-refractivity contribution >= 4 is 34.5 Å². The summed E-state index contributed by atoms with van der Waals surface area (Å²) in [6, 6.07) is 11.7. The molecule has 1 aliphatic heterocycles. The Morgan fingerprint density at radius 2 is 1.93 bits per heavy atom. The maximum absolute atomic E-state index is 12.8. The average molecular weight is 412 g/mol. The Kier molecular flexibility index (Phi) is 5.54. The number of amides is 2. The molecule has 2 amide bonds. The summed E-state index contributed by atoms with van der Waals surface area (Å²) in [5.74, 6) is -0.00471. The summed E-state index contributed by atoms with van der Waals surface area (Å²) in [6.07, 6.45) is 3.20. The van der Waals surface area contributed by atoms with Crippen LogP contribution in [-0.2, 0) is 0 Å². The van der Waals surface area contributed by atoms with Gasteiger partial charge in [0.15, 0.2) is 0 Å². The molecule has 4 rings (SSSR count). The number of benzene rings is 1. The predicted molar refractivity (Wildman–Crippen MR) is 113 cm³/mol. The summed E-state index contributed by atoms with van der Waals surface area (Å²) in [5, 5.41) is 6.01. The number of thiazole rings is 1. The number of aryl methyl sites for hydroxylation is 1. The standard InChI is InChI=1S/C21H21N3O2S2/c1-14-5-2-3-6-16(14)19(25)23-15-8-10-24(11-9-15)21(26)18-13-22-20(28-18)17-7-4-12-27-17/h2-7,12-13,15H,8-11H2,1H3,(H,23,25). The first-order valence-electron chi connectivity index (χ1n) is 9.27. The molecule has 1 N–H and O–H groups in total. The lowest BCUT2D eigenvalue weighted by Crippen LogP contribution is -2.46. The number of aromatic nitrogens is 1. The quantitative estimate of drug-likeness (QED) is 0.699. The second-order valence-corrected chi connectivity index (χ2v) is 8.84. The molecule has 0 bridgehead atoms. The molecule has 3 heterocycles. The molecule has 2 aromatic heterocycles. The van der Waals surface area contributed by atoms with Crippen molar-refractivity contribution in [3.8, 4) is 9.88 Å². The van der Waals surface area contributed by atoms with Crippen LogP contribution in [-0.4, -0.2) is 40.8 Å². The summed E-state index contributed by atoms with van der Waals surface area (Å²) < 4.78 is 0. The number of thiophene rings is 1. The molecule has 0 unspecified atom stereocenters. The molecule has 0 atom stereocenters. The van der Waals surface area contributed by atoms with Crippen molar-refractivity contribution in [3.05, 3.63) is 64.0 Å². The number of hydrogen-bond acceptors (Lipinski definition) is 5. The minimum Gasteiger partial charge on any atom is -0.349 e. The summed E-state index contributed by atoms with van der Waals surface area (Å²) in [5.41, 5.74) is 1.69.